The van der Waals surface area contributed by atoms with E-state index in [1.54, 1.807) is 11.5 Å². The number of carbonyl (C=O) groups excluding carboxylic acids is 1. The lowest BCUT2D eigenvalue weighted by Crippen LogP contribution is -2.30. The van der Waals surface area contributed by atoms with Crippen LogP contribution in [0.25, 0.3) is 22.5 Å². The molecule has 9 heteroatoms. The highest BCUT2D eigenvalue weighted by atomic mass is 16.2. The van der Waals surface area contributed by atoms with Gasteiger partial charge in [0, 0.05) is 18.4 Å². The summed E-state index contributed by atoms with van der Waals surface area (Å²) in [5, 5.41) is 18.6. The molecule has 0 aliphatic heterocycles. The Hall–Kier alpha value is -3.88. The summed E-state index contributed by atoms with van der Waals surface area (Å²) < 4.78 is 2.68. The molecule has 9 nitrogen and oxygen atoms in total. The number of nitrogens with one attached hydrogen (secondary N) is 1. The zero-order chi connectivity index (χ0) is 25.3. The van der Waals surface area contributed by atoms with Crippen LogP contribution in [0.4, 0.5) is 0 Å². The van der Waals surface area contributed by atoms with Gasteiger partial charge in [-0.1, -0.05) is 88.4 Å². The minimum atomic E-state index is -0.361. The zero-order valence-corrected chi connectivity index (χ0v) is 21.0. The molecule has 0 amide bonds. The zero-order valence-electron chi connectivity index (χ0n) is 21.0. The molecule has 0 aliphatic carbocycles. The molecule has 0 spiro atoms. The molecule has 0 aliphatic rings. The van der Waals surface area contributed by atoms with E-state index in [4.69, 9.17) is 0 Å². The van der Waals surface area contributed by atoms with Gasteiger partial charge < -0.3 is 0 Å². The standard InChI is InChI=1S/C27H33N7O2/c1-3-5-6-7-8-9-13-24-30-34(25(35)4-2)27(36)33(24)19-20-14-16-21(17-15-20)22-11-10-12-23(18-22)26-28-31-32-29-26/h10-12,14-18H,3-9,13,19H2,1-2H3,(H,28,29,31,32). The molecule has 0 unspecified atom stereocenters. The van der Waals surface area contributed by atoms with Gasteiger partial charge in [-0.15, -0.1) is 20.0 Å². The molecule has 36 heavy (non-hydrogen) atoms. The van der Waals surface area contributed by atoms with E-state index in [2.05, 4.69) is 32.6 Å². The average Bonchev–Trinajstić information content (AvgIpc) is 3.56. The van der Waals surface area contributed by atoms with Crippen LogP contribution in [0.1, 0.15) is 75.0 Å². The molecule has 0 fully saturated rings. The number of aromatic nitrogens is 7. The van der Waals surface area contributed by atoms with Crippen molar-refractivity contribution in [1.29, 1.82) is 0 Å². The Bertz CT molecular complexity index is 1320. The monoisotopic (exact) mass is 487 g/mol. The third kappa shape index (κ3) is 6.02. The predicted octanol–water partition coefficient (Wildman–Crippen LogP) is 4.89. The van der Waals surface area contributed by atoms with Gasteiger partial charge in [0.25, 0.3) is 5.91 Å². The molecule has 0 radical (unpaired) electrons. The maximum absolute atomic E-state index is 13.0. The van der Waals surface area contributed by atoms with E-state index in [1.807, 2.05) is 48.5 Å². The van der Waals surface area contributed by atoms with Crippen molar-refractivity contribution < 1.29 is 4.79 Å². The molecule has 0 bridgehead atoms. The molecule has 4 aromatic rings. The van der Waals surface area contributed by atoms with Crippen molar-refractivity contribution in [3.05, 3.63) is 70.4 Å². The Morgan fingerprint density at radius 1 is 0.917 bits per heavy atom. The maximum atomic E-state index is 13.0. The minimum absolute atomic E-state index is 0.241. The van der Waals surface area contributed by atoms with Crippen molar-refractivity contribution in [2.75, 3.05) is 0 Å². The average molecular weight is 488 g/mol. The van der Waals surface area contributed by atoms with Gasteiger partial charge in [0.2, 0.25) is 5.82 Å². The molecule has 1 N–H and O–H groups in total. The number of nitrogens with zero attached hydrogens (tertiary/aromatic N) is 6. The van der Waals surface area contributed by atoms with Crippen LogP contribution in [0.5, 0.6) is 0 Å². The third-order valence-electron chi connectivity index (χ3n) is 6.33. The lowest BCUT2D eigenvalue weighted by atomic mass is 10.0. The first-order valence-electron chi connectivity index (χ1n) is 12.8. The number of rotatable bonds is 12. The van der Waals surface area contributed by atoms with Gasteiger partial charge in [-0.25, -0.2) is 4.79 Å². The van der Waals surface area contributed by atoms with Crippen LogP contribution in [-0.4, -0.2) is 40.9 Å². The van der Waals surface area contributed by atoms with Crippen molar-refractivity contribution in [2.45, 2.75) is 71.8 Å². The van der Waals surface area contributed by atoms with Gasteiger partial charge in [-0.2, -0.15) is 5.21 Å². The first-order chi connectivity index (χ1) is 17.6. The number of unbranched alkanes of at least 4 members (excludes halogenated alkanes) is 5. The molecule has 188 valence electrons. The van der Waals surface area contributed by atoms with E-state index < -0.39 is 0 Å². The predicted molar refractivity (Wildman–Crippen MR) is 139 cm³/mol. The van der Waals surface area contributed by atoms with Gasteiger partial charge in [0.15, 0.2) is 0 Å². The van der Waals surface area contributed by atoms with E-state index in [9.17, 15) is 9.59 Å². The number of H-pyrrole nitrogens is 1. The van der Waals surface area contributed by atoms with Gasteiger partial charge >= 0.3 is 5.69 Å². The Labute approximate surface area is 210 Å². The number of carbonyl (C=O) groups is 1. The lowest BCUT2D eigenvalue weighted by Gasteiger charge is -2.08. The first kappa shape index (κ1) is 25.2. The fraction of sp³-hybridized carbons (Fsp3) is 0.407. The topological polar surface area (TPSA) is 111 Å². The molecular formula is C27H33N7O2. The third-order valence-corrected chi connectivity index (χ3v) is 6.33. The summed E-state index contributed by atoms with van der Waals surface area (Å²) >= 11 is 0. The molecule has 0 saturated heterocycles. The minimum Gasteiger partial charge on any atom is -0.274 e. The van der Waals surface area contributed by atoms with E-state index >= 15 is 0 Å². The van der Waals surface area contributed by atoms with Crippen LogP contribution in [0, 0.1) is 0 Å². The Morgan fingerprint density at radius 2 is 1.67 bits per heavy atom. The largest absolute Gasteiger partial charge is 0.353 e. The second-order valence-corrected chi connectivity index (χ2v) is 8.97. The van der Waals surface area contributed by atoms with Crippen LogP contribution in [0.15, 0.2) is 53.3 Å². The summed E-state index contributed by atoms with van der Waals surface area (Å²) in [4.78, 5) is 25.3. The number of aromatic amines is 1. The van der Waals surface area contributed by atoms with E-state index in [0.717, 1.165) is 39.8 Å². The van der Waals surface area contributed by atoms with Crippen molar-refractivity contribution in [1.82, 2.24) is 35.0 Å². The molecule has 4 rings (SSSR count). The highest BCUT2D eigenvalue weighted by Crippen LogP contribution is 2.24. The highest BCUT2D eigenvalue weighted by molar-refractivity contribution is 5.77. The van der Waals surface area contributed by atoms with Crippen molar-refractivity contribution in [3.63, 3.8) is 0 Å². The molecule has 2 aromatic carbocycles. The lowest BCUT2D eigenvalue weighted by molar-refractivity contribution is 0.0887. The maximum Gasteiger partial charge on any atom is 0.353 e. The van der Waals surface area contributed by atoms with E-state index in [0.29, 0.717) is 24.6 Å². The molecular weight excluding hydrogens is 454 g/mol. The molecule has 0 atom stereocenters. The normalized spacial score (nSPS) is 11.2. The smallest absolute Gasteiger partial charge is 0.274 e. The first-order valence-corrected chi connectivity index (χ1v) is 12.8. The highest BCUT2D eigenvalue weighted by Gasteiger charge is 2.17. The molecule has 2 heterocycles. The number of aryl methyl sites for hydroxylation is 1. The number of hydrogen-bond donors (Lipinski definition) is 1. The summed E-state index contributed by atoms with van der Waals surface area (Å²) in [6.45, 7) is 4.33. The second-order valence-electron chi connectivity index (χ2n) is 8.97. The van der Waals surface area contributed by atoms with Crippen molar-refractivity contribution in [2.24, 2.45) is 0 Å². The fourth-order valence-corrected chi connectivity index (χ4v) is 4.26. The van der Waals surface area contributed by atoms with Crippen LogP contribution in [-0.2, 0) is 13.0 Å². The van der Waals surface area contributed by atoms with Crippen LogP contribution in [0.2, 0.25) is 0 Å². The van der Waals surface area contributed by atoms with Gasteiger partial charge in [-0.3, -0.25) is 9.36 Å². The van der Waals surface area contributed by atoms with Crippen molar-refractivity contribution >= 4 is 5.91 Å². The number of tetrazole rings is 1. The number of benzene rings is 2. The summed E-state index contributed by atoms with van der Waals surface area (Å²) in [5.41, 5.74) is 3.57. The SMILES string of the molecule is CCCCCCCCc1nn(C(=O)CC)c(=O)n1Cc1ccc(-c2cccc(-c3nn[nH]n3)c2)cc1. The Kier molecular flexibility index (Phi) is 8.54. The van der Waals surface area contributed by atoms with Gasteiger partial charge in [-0.05, 0) is 34.4 Å². The van der Waals surface area contributed by atoms with Crippen molar-refractivity contribution in [3.8, 4) is 22.5 Å². The summed E-state index contributed by atoms with van der Waals surface area (Å²) in [5.74, 6) is 0.943. The number of hydrogen-bond acceptors (Lipinski definition) is 6. The summed E-state index contributed by atoms with van der Waals surface area (Å²) in [7, 11) is 0. The van der Waals surface area contributed by atoms with E-state index in [1.165, 1.54) is 25.7 Å². The second kappa shape index (κ2) is 12.2. The molecule has 0 saturated carbocycles. The van der Waals surface area contributed by atoms with Gasteiger partial charge in [0.1, 0.15) is 5.82 Å². The van der Waals surface area contributed by atoms with Gasteiger partial charge in [0.05, 0.1) is 6.54 Å². The fourth-order valence-electron chi connectivity index (χ4n) is 4.26. The van der Waals surface area contributed by atoms with Crippen LogP contribution < -0.4 is 5.69 Å². The van der Waals surface area contributed by atoms with E-state index in [-0.39, 0.29) is 18.0 Å². The molecule has 2 aromatic heterocycles. The Balaban J connectivity index is 1.51. The Morgan fingerprint density at radius 3 is 2.39 bits per heavy atom. The van der Waals surface area contributed by atoms with Crippen LogP contribution >= 0.6 is 0 Å². The summed E-state index contributed by atoms with van der Waals surface area (Å²) in [6.07, 6.45) is 7.86. The quantitative estimate of drug-likeness (QED) is 0.285. The summed E-state index contributed by atoms with van der Waals surface area (Å²) in [6, 6.07) is 16.0. The van der Waals surface area contributed by atoms with Crippen LogP contribution in [0.3, 0.4) is 0 Å².